The molecule has 5 heteroatoms. The Kier molecular flexibility index (Phi) is 4.90. The molecule has 130 valence electrons. The second kappa shape index (κ2) is 6.93. The molecule has 1 aliphatic heterocycles. The first-order chi connectivity index (χ1) is 11.5. The van der Waals surface area contributed by atoms with Crippen molar-refractivity contribution in [2.45, 2.75) is 44.6 Å². The van der Waals surface area contributed by atoms with E-state index in [2.05, 4.69) is 11.4 Å². The number of hydrogen-bond acceptors (Lipinski definition) is 3. The number of aliphatic hydroxyl groups is 1. The first kappa shape index (κ1) is 17.0. The van der Waals surface area contributed by atoms with Crippen molar-refractivity contribution in [3.8, 4) is 0 Å². The van der Waals surface area contributed by atoms with Crippen molar-refractivity contribution < 1.29 is 14.7 Å². The van der Waals surface area contributed by atoms with Crippen LogP contribution in [0.1, 0.15) is 43.7 Å². The van der Waals surface area contributed by atoms with Crippen LogP contribution in [-0.2, 0) is 21.6 Å². The van der Waals surface area contributed by atoms with E-state index in [0.717, 1.165) is 18.4 Å². The summed E-state index contributed by atoms with van der Waals surface area (Å²) in [5.41, 5.74) is 1.16. The Morgan fingerprint density at radius 1 is 1.29 bits per heavy atom. The summed E-state index contributed by atoms with van der Waals surface area (Å²) in [5, 5.41) is 14.0. The number of aryl methyl sites for hydroxylation is 1. The lowest BCUT2D eigenvalue weighted by atomic mass is 9.79. The first-order valence-corrected chi connectivity index (χ1v) is 8.83. The zero-order chi connectivity index (χ0) is 17.2. The molecule has 1 saturated heterocycles. The van der Waals surface area contributed by atoms with Gasteiger partial charge in [0.15, 0.2) is 0 Å². The molecule has 0 radical (unpaired) electrons. The minimum atomic E-state index is -0.968. The molecule has 1 unspecified atom stereocenters. The van der Waals surface area contributed by atoms with Crippen LogP contribution in [0.2, 0.25) is 0 Å². The maximum Gasteiger partial charge on any atom is 0.223 e. The van der Waals surface area contributed by atoms with Crippen LogP contribution in [0.3, 0.4) is 0 Å². The van der Waals surface area contributed by atoms with E-state index in [4.69, 9.17) is 0 Å². The predicted molar refractivity (Wildman–Crippen MR) is 91.3 cm³/mol. The van der Waals surface area contributed by atoms with Crippen LogP contribution in [0.5, 0.6) is 0 Å². The second-order valence-electron chi connectivity index (χ2n) is 7.04. The molecule has 2 aliphatic rings. The van der Waals surface area contributed by atoms with Gasteiger partial charge >= 0.3 is 0 Å². The fraction of sp³-hybridized carbons (Fsp3) is 0.579. The van der Waals surface area contributed by atoms with Crippen LogP contribution >= 0.6 is 0 Å². The molecule has 2 amide bonds. The van der Waals surface area contributed by atoms with Crippen molar-refractivity contribution in [1.29, 1.82) is 0 Å². The van der Waals surface area contributed by atoms with Gasteiger partial charge < -0.3 is 15.3 Å². The molecule has 0 aromatic heterocycles. The van der Waals surface area contributed by atoms with E-state index in [1.54, 1.807) is 11.8 Å². The number of benzene rings is 1. The summed E-state index contributed by atoms with van der Waals surface area (Å²) < 4.78 is 0. The Morgan fingerprint density at radius 3 is 2.71 bits per heavy atom. The number of fused-ring (bicyclic) bond motifs is 1. The third kappa shape index (κ3) is 3.46. The topological polar surface area (TPSA) is 69.6 Å². The van der Waals surface area contributed by atoms with Crippen molar-refractivity contribution >= 4 is 11.8 Å². The molecule has 2 N–H and O–H groups in total. The van der Waals surface area contributed by atoms with Gasteiger partial charge in [-0.3, -0.25) is 9.59 Å². The Morgan fingerprint density at radius 2 is 2.00 bits per heavy atom. The van der Waals surface area contributed by atoms with Gasteiger partial charge in [-0.15, -0.1) is 0 Å². The van der Waals surface area contributed by atoms with Crippen LogP contribution in [0.4, 0.5) is 0 Å². The molecule has 0 bridgehead atoms. The van der Waals surface area contributed by atoms with Gasteiger partial charge in [0.1, 0.15) is 5.60 Å². The molecule has 3 rings (SSSR count). The zero-order valence-corrected chi connectivity index (χ0v) is 14.3. The molecular weight excluding hydrogens is 304 g/mol. The fourth-order valence-corrected chi connectivity index (χ4v) is 3.92. The minimum Gasteiger partial charge on any atom is -0.383 e. The number of nitrogens with zero attached hydrogens (tertiary/aromatic N) is 1. The van der Waals surface area contributed by atoms with Gasteiger partial charge in [0, 0.05) is 25.9 Å². The van der Waals surface area contributed by atoms with Crippen molar-refractivity contribution in [3.63, 3.8) is 0 Å². The molecule has 0 saturated carbocycles. The number of rotatable bonds is 3. The number of carbonyl (C=O) groups is 2. The van der Waals surface area contributed by atoms with Crippen LogP contribution in [0.15, 0.2) is 24.3 Å². The summed E-state index contributed by atoms with van der Waals surface area (Å²) in [4.78, 5) is 25.6. The van der Waals surface area contributed by atoms with Gasteiger partial charge in [0.05, 0.1) is 6.54 Å². The largest absolute Gasteiger partial charge is 0.383 e. The summed E-state index contributed by atoms with van der Waals surface area (Å²) in [7, 11) is 0. The molecule has 0 spiro atoms. The number of nitrogens with one attached hydrogen (secondary N) is 1. The SMILES string of the molecule is CC(=O)N1CCC(C(=O)NCC2(O)CCCc3ccccc32)CC1. The lowest BCUT2D eigenvalue weighted by Crippen LogP contribution is -2.47. The summed E-state index contributed by atoms with van der Waals surface area (Å²) in [6.45, 7) is 3.10. The molecule has 1 atom stereocenters. The summed E-state index contributed by atoms with van der Waals surface area (Å²) in [6, 6.07) is 7.95. The molecule has 1 heterocycles. The van der Waals surface area contributed by atoms with Crippen LogP contribution < -0.4 is 5.32 Å². The van der Waals surface area contributed by atoms with Gasteiger partial charge in [0.2, 0.25) is 11.8 Å². The smallest absolute Gasteiger partial charge is 0.223 e. The number of likely N-dealkylation sites (tertiary alicyclic amines) is 1. The van der Waals surface area contributed by atoms with Crippen molar-refractivity contribution in [2.75, 3.05) is 19.6 Å². The van der Waals surface area contributed by atoms with Crippen molar-refractivity contribution in [3.05, 3.63) is 35.4 Å². The highest BCUT2D eigenvalue weighted by molar-refractivity contribution is 5.79. The monoisotopic (exact) mass is 330 g/mol. The fourth-order valence-electron chi connectivity index (χ4n) is 3.92. The summed E-state index contributed by atoms with van der Waals surface area (Å²) in [6.07, 6.45) is 3.98. The van der Waals surface area contributed by atoms with Gasteiger partial charge in [-0.25, -0.2) is 0 Å². The first-order valence-electron chi connectivity index (χ1n) is 8.83. The van der Waals surface area contributed by atoms with E-state index < -0.39 is 5.60 Å². The van der Waals surface area contributed by atoms with Crippen LogP contribution in [-0.4, -0.2) is 41.5 Å². The highest BCUT2D eigenvalue weighted by atomic mass is 16.3. The average molecular weight is 330 g/mol. The molecule has 5 nitrogen and oxygen atoms in total. The van der Waals surface area contributed by atoms with E-state index in [0.29, 0.717) is 32.4 Å². The van der Waals surface area contributed by atoms with Gasteiger partial charge in [-0.2, -0.15) is 0 Å². The Balaban J connectivity index is 1.58. The van der Waals surface area contributed by atoms with Gasteiger partial charge in [0.25, 0.3) is 0 Å². The van der Waals surface area contributed by atoms with Crippen molar-refractivity contribution in [2.24, 2.45) is 5.92 Å². The van der Waals surface area contributed by atoms with E-state index in [1.165, 1.54) is 5.56 Å². The van der Waals surface area contributed by atoms with Crippen molar-refractivity contribution in [1.82, 2.24) is 10.2 Å². The third-order valence-corrected chi connectivity index (χ3v) is 5.42. The minimum absolute atomic E-state index is 0.00492. The second-order valence-corrected chi connectivity index (χ2v) is 7.04. The Labute approximate surface area is 143 Å². The molecule has 1 fully saturated rings. The summed E-state index contributed by atoms with van der Waals surface area (Å²) in [5.74, 6) is -0.000280. The maximum atomic E-state index is 12.4. The zero-order valence-electron chi connectivity index (χ0n) is 14.3. The summed E-state index contributed by atoms with van der Waals surface area (Å²) >= 11 is 0. The molecular formula is C19H26N2O3. The Bertz CT molecular complexity index is 623. The molecule has 24 heavy (non-hydrogen) atoms. The standard InChI is InChI=1S/C19H26N2O3/c1-14(22)21-11-8-16(9-12-21)18(23)20-13-19(24)10-4-6-15-5-2-3-7-17(15)19/h2-3,5,7,16,24H,4,6,8-13H2,1H3,(H,20,23). The average Bonchev–Trinajstić information content (AvgIpc) is 2.60. The quantitative estimate of drug-likeness (QED) is 0.884. The lowest BCUT2D eigenvalue weighted by molar-refractivity contribution is -0.134. The van der Waals surface area contributed by atoms with E-state index in [9.17, 15) is 14.7 Å². The van der Waals surface area contributed by atoms with E-state index in [-0.39, 0.29) is 24.3 Å². The van der Waals surface area contributed by atoms with E-state index >= 15 is 0 Å². The van der Waals surface area contributed by atoms with Gasteiger partial charge in [-0.1, -0.05) is 24.3 Å². The van der Waals surface area contributed by atoms with Crippen LogP contribution in [0.25, 0.3) is 0 Å². The molecule has 1 aliphatic carbocycles. The Hall–Kier alpha value is -1.88. The number of piperidine rings is 1. The third-order valence-electron chi connectivity index (χ3n) is 5.42. The highest BCUT2D eigenvalue weighted by Gasteiger charge is 2.35. The molecule has 1 aromatic rings. The number of amides is 2. The molecule has 1 aromatic carbocycles. The number of hydrogen-bond donors (Lipinski definition) is 2. The number of carbonyl (C=O) groups excluding carboxylic acids is 2. The van der Waals surface area contributed by atoms with Crippen LogP contribution in [0, 0.1) is 5.92 Å². The normalized spacial score (nSPS) is 24.3. The lowest BCUT2D eigenvalue weighted by Gasteiger charge is -2.36. The van der Waals surface area contributed by atoms with Gasteiger partial charge in [-0.05, 0) is 43.2 Å². The maximum absolute atomic E-state index is 12.4. The van der Waals surface area contributed by atoms with E-state index in [1.807, 2.05) is 18.2 Å². The predicted octanol–water partition coefficient (Wildman–Crippen LogP) is 1.59. The highest BCUT2D eigenvalue weighted by Crippen LogP contribution is 2.34.